The summed E-state index contributed by atoms with van der Waals surface area (Å²) >= 11 is 0. The standard InChI is InChI=1S/C100H49N13O7/c101-13-2-4-16-110-34-59-39-12-20-108(17-5-14-102)56-30-54-78-84-83-76-45-27-44-65-43-25-37-24-40-42(97(117)50-32-104-91-86(74(50)64(40)43)82(65)75-51(98(91)118)33-109(18-6-15-103)55-28-47-69(70(44)79(55)75)71(45)85(84)90(106-54)77(47)100(119)120)21-35-22-48-72-63(37)99-107-89(76)80-58-29-46-66-52(105-53-31-57(81(72)95(67(46)53)113(58)99)111(92(48)60(114)23-35)19-3-1-7-61(115)116)11-9-36-8-10-38-41(62(36)66)26-49-73(80)88(83)96(87(78)68(39)56)112(59)94(49)93(38)110/h1-6,8-12,17-18,20-23,26,28-34,40,58,66,85,87,95,99,114,117-118H,7,16,19,24-25,27H2,(H,115,116)(H,119,120)/b3-1+,4-2+,17-5+,18-6+,42-21+,63-37-. The van der Waals surface area contributed by atoms with Gasteiger partial charge in [0.2, 0.25) is 0 Å². The number of hydrogen-bond acceptors (Lipinski definition) is 16. The molecule has 3 aromatic heterocycles. The molecule has 120 heavy (non-hydrogen) atoms. The van der Waals surface area contributed by atoms with Crippen molar-refractivity contribution in [2.75, 3.05) is 21.2 Å². The number of aromatic nitrogens is 3. The minimum absolute atomic E-state index is 0.00138. The molecule has 9 aromatic rings. The third kappa shape index (κ3) is 6.06. The minimum Gasteiger partial charge on any atom is -0.507 e. The van der Waals surface area contributed by atoms with E-state index in [1.165, 1.54) is 12.2 Å². The quantitative estimate of drug-likeness (QED) is 0.0389. The van der Waals surface area contributed by atoms with Crippen molar-refractivity contribution < 1.29 is 35.1 Å². The Balaban J connectivity index is 0.873. The number of pyridine rings is 1. The fraction of sp³-hybridized carbons (Fsp3) is 0.130. The first-order chi connectivity index (χ1) is 58.9. The number of carbonyl (C=O) groups is 2. The van der Waals surface area contributed by atoms with Gasteiger partial charge >= 0.3 is 11.9 Å². The molecular weight excluding hydrogens is 1500 g/mol. The Hall–Kier alpha value is -15.7. The Morgan fingerprint density at radius 3 is 2.42 bits per heavy atom. The molecule has 32 rings (SSSR count). The molecule has 0 fully saturated rings. The van der Waals surface area contributed by atoms with Gasteiger partial charge in [0, 0.05) is 189 Å². The molecule has 20 nitrogen and oxygen atoms in total. The first-order valence-electron chi connectivity index (χ1n) is 40.8. The molecule has 16 aliphatic heterocycles. The number of phenolic OH excluding ortho intramolecular Hbond substituents is 2. The van der Waals surface area contributed by atoms with Gasteiger partial charge < -0.3 is 49.4 Å². The zero-order valence-corrected chi connectivity index (χ0v) is 62.6. The molecule has 0 saturated heterocycles. The monoisotopic (exact) mass is 1540 g/mol. The molecule has 23 aliphatic rings. The predicted molar refractivity (Wildman–Crippen MR) is 454 cm³/mol. The van der Waals surface area contributed by atoms with Gasteiger partial charge in [-0.15, -0.1) is 0 Å². The first kappa shape index (κ1) is 60.8. The van der Waals surface area contributed by atoms with Gasteiger partial charge in [-0.05, 0) is 179 Å². The third-order valence-corrected chi connectivity index (χ3v) is 30.8. The lowest BCUT2D eigenvalue weighted by Crippen LogP contribution is -2.62. The Labute approximate surface area is 675 Å². The topological polar surface area (TPSA) is 279 Å². The van der Waals surface area contributed by atoms with Gasteiger partial charge in [0.05, 0.1) is 122 Å². The summed E-state index contributed by atoms with van der Waals surface area (Å²) in [6.45, 7) is 0.529. The lowest BCUT2D eigenvalue weighted by Gasteiger charge is -2.60. The number of nitrogens with zero attached hydrogens (tertiary/aromatic N) is 13. The smallest absolute Gasteiger partial charge is 0.338 e. The number of carboxylic acids is 2. The molecule has 8 unspecified atom stereocenters. The highest BCUT2D eigenvalue weighted by atomic mass is 16.4. The normalized spacial score (nSPS) is 27.5. The van der Waals surface area contributed by atoms with E-state index in [1.807, 2.05) is 40.4 Å². The second kappa shape index (κ2) is 19.0. The summed E-state index contributed by atoms with van der Waals surface area (Å²) in [4.78, 5) is 61.2. The second-order valence-electron chi connectivity index (χ2n) is 35.2. The number of carboxylic acid groups (broad SMARTS) is 2. The van der Waals surface area contributed by atoms with Crippen LogP contribution in [-0.2, 0) is 29.0 Å². The van der Waals surface area contributed by atoms with E-state index in [0.717, 1.165) is 233 Å². The number of phenols is 2. The number of benzene rings is 7. The number of anilines is 3. The van der Waals surface area contributed by atoms with E-state index in [-0.39, 0.29) is 41.7 Å². The average molecular weight is 1540 g/mol. The Kier molecular flexibility index (Phi) is 9.65. The highest BCUT2D eigenvalue weighted by Gasteiger charge is 2.63. The van der Waals surface area contributed by atoms with Gasteiger partial charge in [0.25, 0.3) is 0 Å². The molecule has 62 bridgehead atoms. The third-order valence-electron chi connectivity index (χ3n) is 30.8. The summed E-state index contributed by atoms with van der Waals surface area (Å²) in [5, 5.41) is 106. The van der Waals surface area contributed by atoms with Gasteiger partial charge in [-0.3, -0.25) is 29.7 Å². The van der Waals surface area contributed by atoms with Crippen LogP contribution < -0.4 is 35.6 Å². The zero-order chi connectivity index (χ0) is 78.4. The number of aliphatic hydroxyl groups is 1. The molecule has 556 valence electrons. The van der Waals surface area contributed by atoms with E-state index in [2.05, 4.69) is 110 Å². The molecule has 6 aromatic carbocycles. The summed E-state index contributed by atoms with van der Waals surface area (Å²) in [6.07, 6.45) is 35.0. The molecule has 5 N–H and O–H groups in total. The minimum atomic E-state index is -1.15. The molecule has 0 amide bonds. The van der Waals surface area contributed by atoms with Crippen molar-refractivity contribution in [3.63, 3.8) is 0 Å². The van der Waals surface area contributed by atoms with E-state index in [4.69, 9.17) is 20.0 Å². The zero-order valence-electron chi connectivity index (χ0n) is 62.6. The van der Waals surface area contributed by atoms with Crippen LogP contribution >= 0.6 is 0 Å². The number of aliphatic imine (C=N–C) groups is 3. The molecule has 0 saturated carbocycles. The number of rotatable bonds is 9. The van der Waals surface area contributed by atoms with E-state index < -0.39 is 47.9 Å². The second-order valence-corrected chi connectivity index (χ2v) is 35.2. The van der Waals surface area contributed by atoms with Gasteiger partial charge in [-0.2, -0.15) is 15.8 Å². The maximum Gasteiger partial charge on any atom is 0.338 e. The van der Waals surface area contributed by atoms with Crippen LogP contribution in [-0.4, -0.2) is 98.4 Å². The number of aliphatic hydroxyl groups excluding tert-OH is 1. The fourth-order valence-corrected chi connectivity index (χ4v) is 27.4. The Morgan fingerprint density at radius 1 is 0.675 bits per heavy atom. The van der Waals surface area contributed by atoms with E-state index in [0.29, 0.717) is 86.3 Å². The molecule has 7 aliphatic carbocycles. The maximum absolute atomic E-state index is 15.8. The van der Waals surface area contributed by atoms with Gasteiger partial charge in [-0.1, -0.05) is 48.1 Å². The van der Waals surface area contributed by atoms with Crippen molar-refractivity contribution in [2.45, 2.75) is 74.1 Å². The van der Waals surface area contributed by atoms with Crippen molar-refractivity contribution in [1.82, 2.24) is 19.0 Å². The van der Waals surface area contributed by atoms with Crippen molar-refractivity contribution in [1.29, 1.82) is 15.8 Å². The largest absolute Gasteiger partial charge is 0.507 e. The summed E-state index contributed by atoms with van der Waals surface area (Å²) < 4.78 is 4.92. The summed E-state index contributed by atoms with van der Waals surface area (Å²) in [5.41, 5.74) is 36.4. The molecule has 20 heteroatoms. The molecular formula is C100H49N13O7. The van der Waals surface area contributed by atoms with Crippen molar-refractivity contribution in [2.24, 2.45) is 15.0 Å². The van der Waals surface area contributed by atoms with Gasteiger partial charge in [0.15, 0.2) is 5.75 Å². The van der Waals surface area contributed by atoms with E-state index >= 15 is 4.79 Å². The number of nitriles is 3. The summed E-state index contributed by atoms with van der Waals surface area (Å²) in [6, 6.07) is 20.9. The lowest BCUT2D eigenvalue weighted by molar-refractivity contribution is -0.136. The van der Waals surface area contributed by atoms with Crippen molar-refractivity contribution in [3.05, 3.63) is 289 Å². The predicted octanol–water partition coefficient (Wildman–Crippen LogP) is 13.4. The van der Waals surface area contributed by atoms with E-state index in [9.17, 15) is 46.1 Å². The molecule has 0 spiro atoms. The molecule has 0 radical (unpaired) electrons. The number of aromatic hydroxyl groups is 2. The maximum atomic E-state index is 15.8. The van der Waals surface area contributed by atoms with Crippen LogP contribution in [0.2, 0.25) is 0 Å². The van der Waals surface area contributed by atoms with Crippen LogP contribution in [0.5, 0.6) is 11.5 Å². The van der Waals surface area contributed by atoms with Crippen molar-refractivity contribution >= 4 is 175 Å². The van der Waals surface area contributed by atoms with Gasteiger partial charge in [-0.25, -0.2) is 4.79 Å². The number of allylic oxidation sites excluding steroid dienone is 9. The average Bonchev–Trinajstić information content (AvgIpc) is 0.631. The summed E-state index contributed by atoms with van der Waals surface area (Å²) in [5.74, 6) is -4.39. The Bertz CT molecular complexity index is 8800. The first-order valence-corrected chi connectivity index (χ1v) is 40.8. The van der Waals surface area contributed by atoms with Crippen LogP contribution in [0.15, 0.2) is 199 Å². The van der Waals surface area contributed by atoms with Crippen LogP contribution in [0, 0.1) is 34.0 Å². The van der Waals surface area contributed by atoms with Gasteiger partial charge in [0.1, 0.15) is 23.2 Å². The van der Waals surface area contributed by atoms with Crippen LogP contribution in [0.25, 0.3) is 129 Å². The van der Waals surface area contributed by atoms with E-state index in [1.54, 1.807) is 36.8 Å². The number of hydrogen-bond donors (Lipinski definition) is 5. The Morgan fingerprint density at radius 2 is 1.56 bits per heavy atom. The fourth-order valence-electron chi connectivity index (χ4n) is 27.4. The highest BCUT2D eigenvalue weighted by Crippen LogP contribution is 2.72. The lowest BCUT2D eigenvalue weighted by atomic mass is 9.54. The number of aliphatic carboxylic acids is 2. The SMILES string of the molecule is N#C/C=C/Cn1cc2c3c4c(cc5c6c7c8c9c(n-2c2c%10cc%11c%12c(ccc%11c21)C=CC1=NC2=C%11/C(=C\C%13C(=C/9%10)/C9=N\C%10/C%14=C%15\Cc%16c%17c%18c(cnc%19c(O)c%20c%21c%22c(cc%23c%24c%22c(c%16c%21c%19%18)C\C(=C\98)C=%24C7C(=N5)C=%23C(=O)O)N(/C=C/C#N)C=%20)=C(O)/C(=C/c5cc(O)c7c(c5)C%14=C(C(=C2)N7C/C=C/CC(=O)O)C%11N%10%13)C%17C%15)C1%12)C46)N(/C=C/C#N)C=C3. The van der Waals surface area contributed by atoms with Crippen LogP contribution in [0.4, 0.5) is 22.7 Å². The van der Waals surface area contributed by atoms with Crippen LogP contribution in [0.1, 0.15) is 120 Å². The molecule has 19 heterocycles. The molecule has 8 atom stereocenters. The summed E-state index contributed by atoms with van der Waals surface area (Å²) in [7, 11) is 0. The van der Waals surface area contributed by atoms with Crippen LogP contribution in [0.3, 0.4) is 0 Å². The van der Waals surface area contributed by atoms with Crippen molar-refractivity contribution in [3.8, 4) is 35.4 Å². The highest BCUT2D eigenvalue weighted by molar-refractivity contribution is 6.50.